The van der Waals surface area contributed by atoms with Crippen LogP contribution in [0.3, 0.4) is 0 Å². The molecule has 10 nitrogen and oxygen atoms in total. The number of rotatable bonds is 26. The zero-order chi connectivity index (χ0) is 31.3. The smallest absolute Gasteiger partial charge is 0.457 e. The molecule has 0 aliphatic carbocycles. The lowest BCUT2D eigenvalue weighted by atomic mass is 10.1. The van der Waals surface area contributed by atoms with Gasteiger partial charge < -0.3 is 24.6 Å². The summed E-state index contributed by atoms with van der Waals surface area (Å²) in [6.45, 7) is 1.33. The second kappa shape index (κ2) is 27.5. The maximum atomic E-state index is 12.0. The molecule has 11 heteroatoms. The molecule has 42 heavy (non-hydrogen) atoms. The van der Waals surface area contributed by atoms with Crippen LogP contribution in [0.15, 0.2) is 60.8 Å². The van der Waals surface area contributed by atoms with Crippen LogP contribution in [0.1, 0.15) is 84.5 Å². The van der Waals surface area contributed by atoms with Gasteiger partial charge in [0.25, 0.3) is 0 Å². The predicted octanol–water partition coefficient (Wildman–Crippen LogP) is 6.04. The van der Waals surface area contributed by atoms with Gasteiger partial charge in [0, 0.05) is 12.8 Å². The van der Waals surface area contributed by atoms with E-state index in [1.54, 1.807) is 6.92 Å². The minimum atomic E-state index is -4.60. The summed E-state index contributed by atoms with van der Waals surface area (Å²) in [6.07, 6.45) is 27.6. The molecule has 0 spiro atoms. The molecular formula is C31H51O10P. The van der Waals surface area contributed by atoms with Crippen LogP contribution in [0.5, 0.6) is 0 Å². The number of allylic oxidation sites excluding steroid dienone is 10. The third kappa shape index (κ3) is 25.4. The minimum absolute atomic E-state index is 0.0671. The first kappa shape index (κ1) is 39.7. The van der Waals surface area contributed by atoms with Crippen molar-refractivity contribution in [2.75, 3.05) is 26.4 Å². The number of aliphatic hydroxyl groups excluding tert-OH is 2. The van der Waals surface area contributed by atoms with E-state index in [-0.39, 0.29) is 12.8 Å². The van der Waals surface area contributed by atoms with Gasteiger partial charge in [-0.25, -0.2) is 4.57 Å². The van der Waals surface area contributed by atoms with E-state index in [9.17, 15) is 29.3 Å². The Labute approximate surface area is 251 Å². The molecule has 240 valence electrons. The quantitative estimate of drug-likeness (QED) is 0.0456. The molecule has 0 aromatic heterocycles. The number of phosphoric acid groups is 1. The van der Waals surface area contributed by atoms with Gasteiger partial charge in [0.1, 0.15) is 12.2 Å². The fraction of sp³-hybridized carbons (Fsp3) is 0.613. The number of esters is 2. The van der Waals surface area contributed by atoms with Crippen molar-refractivity contribution in [1.29, 1.82) is 0 Å². The molecular weight excluding hydrogens is 563 g/mol. The first-order valence-corrected chi connectivity index (χ1v) is 16.2. The van der Waals surface area contributed by atoms with Gasteiger partial charge in [0.15, 0.2) is 0 Å². The van der Waals surface area contributed by atoms with Crippen LogP contribution in [-0.4, -0.2) is 65.7 Å². The van der Waals surface area contributed by atoms with Crippen LogP contribution in [0.25, 0.3) is 0 Å². The van der Waals surface area contributed by atoms with Crippen molar-refractivity contribution < 1.29 is 47.8 Å². The van der Waals surface area contributed by atoms with Gasteiger partial charge in [-0.3, -0.25) is 18.6 Å². The summed E-state index contributed by atoms with van der Waals surface area (Å²) >= 11 is 0. The van der Waals surface area contributed by atoms with E-state index in [0.29, 0.717) is 6.42 Å². The fourth-order valence-electron chi connectivity index (χ4n) is 3.23. The Morgan fingerprint density at radius 1 is 0.667 bits per heavy atom. The van der Waals surface area contributed by atoms with Crippen molar-refractivity contribution in [1.82, 2.24) is 0 Å². The first-order valence-electron chi connectivity index (χ1n) is 14.7. The van der Waals surface area contributed by atoms with Crippen molar-refractivity contribution in [2.45, 2.75) is 96.7 Å². The fourth-order valence-corrected chi connectivity index (χ4v) is 4.01. The van der Waals surface area contributed by atoms with Crippen LogP contribution in [-0.2, 0) is 32.7 Å². The molecule has 0 aliphatic rings. The van der Waals surface area contributed by atoms with E-state index < -0.39 is 58.4 Å². The number of ether oxygens (including phenoxy) is 2. The highest BCUT2D eigenvalue weighted by Crippen LogP contribution is 2.43. The normalized spacial score (nSPS) is 15.3. The van der Waals surface area contributed by atoms with Crippen LogP contribution in [0.4, 0.5) is 0 Å². The number of carbonyl (C=O) groups is 2. The van der Waals surface area contributed by atoms with Crippen molar-refractivity contribution >= 4 is 19.8 Å². The average Bonchev–Trinajstić information content (AvgIpc) is 2.98. The second-order valence-electron chi connectivity index (χ2n) is 9.31. The van der Waals surface area contributed by atoms with Crippen LogP contribution >= 0.6 is 7.82 Å². The lowest BCUT2D eigenvalue weighted by molar-refractivity contribution is -0.153. The molecule has 0 saturated carbocycles. The minimum Gasteiger partial charge on any atom is -0.457 e. The van der Waals surface area contributed by atoms with Crippen molar-refractivity contribution in [3.63, 3.8) is 0 Å². The number of aliphatic hydroxyl groups is 2. The molecule has 0 rings (SSSR count). The number of hydrogen-bond acceptors (Lipinski definition) is 9. The van der Waals surface area contributed by atoms with Gasteiger partial charge in [-0.05, 0) is 51.4 Å². The Morgan fingerprint density at radius 2 is 1.12 bits per heavy atom. The zero-order valence-corrected chi connectivity index (χ0v) is 26.1. The predicted molar refractivity (Wildman–Crippen MR) is 163 cm³/mol. The lowest BCUT2D eigenvalue weighted by Crippen LogP contribution is -2.28. The highest BCUT2D eigenvalue weighted by Gasteiger charge is 2.27. The van der Waals surface area contributed by atoms with Crippen LogP contribution in [0.2, 0.25) is 0 Å². The molecule has 3 atom stereocenters. The number of unbranched alkanes of at least 4 members (excludes halogenated alkanes) is 3. The van der Waals surface area contributed by atoms with E-state index in [1.807, 2.05) is 0 Å². The molecule has 0 saturated heterocycles. The largest absolute Gasteiger partial charge is 0.472 e. The summed E-state index contributed by atoms with van der Waals surface area (Å²) in [6, 6.07) is 0. The van der Waals surface area contributed by atoms with E-state index in [0.717, 1.165) is 51.4 Å². The van der Waals surface area contributed by atoms with Gasteiger partial charge in [0.2, 0.25) is 0 Å². The van der Waals surface area contributed by atoms with E-state index in [2.05, 4.69) is 67.7 Å². The summed E-state index contributed by atoms with van der Waals surface area (Å²) < 4.78 is 31.4. The molecule has 0 aromatic rings. The Kier molecular flexibility index (Phi) is 26.0. The van der Waals surface area contributed by atoms with Crippen molar-refractivity contribution in [2.24, 2.45) is 0 Å². The monoisotopic (exact) mass is 614 g/mol. The lowest BCUT2D eigenvalue weighted by Gasteiger charge is -2.20. The van der Waals surface area contributed by atoms with Crippen LogP contribution in [0, 0.1) is 0 Å². The van der Waals surface area contributed by atoms with E-state index in [4.69, 9.17) is 18.5 Å². The van der Waals surface area contributed by atoms with Gasteiger partial charge in [-0.1, -0.05) is 81.0 Å². The van der Waals surface area contributed by atoms with Crippen LogP contribution < -0.4 is 0 Å². The number of hydrogen-bond donors (Lipinski definition) is 3. The SMILES string of the molecule is CC/C=C\C/C=C\C/C=C\C/C=C\C/C=C\CCCCCC(=O)OC(CO)COP(=O)(O)OCC(CO)OC(=O)CC. The molecule has 0 radical (unpaired) electrons. The molecule has 0 aromatic carbocycles. The topological polar surface area (TPSA) is 149 Å². The van der Waals surface area contributed by atoms with E-state index in [1.165, 1.54) is 0 Å². The average molecular weight is 615 g/mol. The number of phosphoric ester groups is 1. The van der Waals surface area contributed by atoms with E-state index >= 15 is 0 Å². The third-order valence-electron chi connectivity index (χ3n) is 5.55. The molecule has 0 aliphatic heterocycles. The summed E-state index contributed by atoms with van der Waals surface area (Å²) in [5, 5.41) is 18.6. The molecule has 0 amide bonds. The molecule has 0 bridgehead atoms. The zero-order valence-electron chi connectivity index (χ0n) is 25.2. The summed E-state index contributed by atoms with van der Waals surface area (Å²) in [4.78, 5) is 33.1. The Bertz CT molecular complexity index is 894. The van der Waals surface area contributed by atoms with Crippen molar-refractivity contribution in [3.05, 3.63) is 60.8 Å². The van der Waals surface area contributed by atoms with Gasteiger partial charge in [0.05, 0.1) is 26.4 Å². The Morgan fingerprint density at radius 3 is 1.57 bits per heavy atom. The van der Waals surface area contributed by atoms with Gasteiger partial charge >= 0.3 is 19.8 Å². The highest BCUT2D eigenvalue weighted by molar-refractivity contribution is 7.47. The van der Waals surface area contributed by atoms with Gasteiger partial charge in [-0.15, -0.1) is 0 Å². The number of carbonyl (C=O) groups excluding carboxylic acids is 2. The standard InChI is InChI=1S/C31H51O10P/c1-3-5-6-7-8-9-10-11-12-13-14-15-16-17-18-19-20-21-22-23-31(35)41-29(25-33)27-39-42(36,37)38-26-28(24-32)40-30(34)4-2/h5-6,8-9,11-12,14-15,17-18,28-29,32-33H,3-4,7,10,13,16,19-27H2,1-2H3,(H,36,37)/b6-5-,9-8-,12-11-,15-14-,18-17-. The molecule has 3 N–H and O–H groups in total. The maximum Gasteiger partial charge on any atom is 0.472 e. The Hall–Kier alpha value is -2.33. The summed E-state index contributed by atoms with van der Waals surface area (Å²) in [7, 11) is -4.60. The molecule has 0 fully saturated rings. The Balaban J connectivity index is 3.97. The third-order valence-corrected chi connectivity index (χ3v) is 6.50. The van der Waals surface area contributed by atoms with Crippen molar-refractivity contribution in [3.8, 4) is 0 Å². The maximum absolute atomic E-state index is 12.0. The highest BCUT2D eigenvalue weighted by atomic mass is 31.2. The molecule has 3 unspecified atom stereocenters. The summed E-state index contributed by atoms with van der Waals surface area (Å²) in [5.74, 6) is -1.15. The summed E-state index contributed by atoms with van der Waals surface area (Å²) in [5.41, 5.74) is 0. The first-order chi connectivity index (χ1) is 20.3. The molecule has 0 heterocycles. The van der Waals surface area contributed by atoms with Gasteiger partial charge in [-0.2, -0.15) is 0 Å². The second-order valence-corrected chi connectivity index (χ2v) is 10.8.